The van der Waals surface area contributed by atoms with Gasteiger partial charge in [-0.3, -0.25) is 4.79 Å². The highest BCUT2D eigenvalue weighted by atomic mass is 32.1. The molecular formula is C18H19N3O2S. The number of aryl methyl sites for hydroxylation is 2. The largest absolute Gasteiger partial charge is 0.361 e. The van der Waals surface area contributed by atoms with E-state index in [0.717, 1.165) is 27.6 Å². The normalized spacial score (nSPS) is 12.2. The molecular weight excluding hydrogens is 322 g/mol. The van der Waals surface area contributed by atoms with E-state index in [1.54, 1.807) is 29.5 Å². The van der Waals surface area contributed by atoms with Crippen LogP contribution in [0.3, 0.4) is 0 Å². The molecule has 0 aliphatic rings. The molecule has 6 heteroatoms. The number of carbonyl (C=O) groups excluding carboxylic acids is 1. The molecule has 0 N–H and O–H groups in total. The van der Waals surface area contributed by atoms with E-state index in [1.165, 1.54) is 0 Å². The van der Waals surface area contributed by atoms with Gasteiger partial charge in [0.15, 0.2) is 0 Å². The van der Waals surface area contributed by atoms with Crippen LogP contribution in [-0.4, -0.2) is 28.0 Å². The summed E-state index contributed by atoms with van der Waals surface area (Å²) in [6.45, 7) is 5.76. The molecule has 0 saturated heterocycles. The molecule has 1 amide bonds. The van der Waals surface area contributed by atoms with Gasteiger partial charge in [-0.05, 0) is 38.5 Å². The Labute approximate surface area is 144 Å². The third-order valence-electron chi connectivity index (χ3n) is 4.14. The molecule has 3 rings (SSSR count). The van der Waals surface area contributed by atoms with Crippen molar-refractivity contribution in [3.8, 4) is 11.1 Å². The van der Waals surface area contributed by atoms with Gasteiger partial charge in [0.1, 0.15) is 10.8 Å². The summed E-state index contributed by atoms with van der Waals surface area (Å²) in [6, 6.07) is 7.50. The molecule has 24 heavy (non-hydrogen) atoms. The van der Waals surface area contributed by atoms with Gasteiger partial charge in [0, 0.05) is 29.8 Å². The molecule has 2 aromatic heterocycles. The van der Waals surface area contributed by atoms with E-state index in [2.05, 4.69) is 10.1 Å². The third kappa shape index (κ3) is 2.97. The van der Waals surface area contributed by atoms with Gasteiger partial charge >= 0.3 is 0 Å². The number of nitrogens with zero attached hydrogens (tertiary/aromatic N) is 3. The van der Waals surface area contributed by atoms with Crippen LogP contribution in [-0.2, 0) is 0 Å². The second kappa shape index (κ2) is 6.57. The predicted octanol–water partition coefficient (Wildman–Crippen LogP) is 4.25. The van der Waals surface area contributed by atoms with Crippen molar-refractivity contribution >= 4 is 17.2 Å². The molecule has 0 spiro atoms. The first-order chi connectivity index (χ1) is 11.5. The average Bonchev–Trinajstić information content (AvgIpc) is 3.23. The number of hydrogen-bond donors (Lipinski definition) is 0. The quantitative estimate of drug-likeness (QED) is 0.712. The molecule has 124 valence electrons. The Balaban J connectivity index is 1.90. The van der Waals surface area contributed by atoms with E-state index in [1.807, 2.05) is 50.4 Å². The summed E-state index contributed by atoms with van der Waals surface area (Å²) in [5.74, 6) is 0.716. The molecule has 5 nitrogen and oxygen atoms in total. The first kappa shape index (κ1) is 16.4. The molecule has 0 saturated carbocycles. The fourth-order valence-electron chi connectivity index (χ4n) is 2.69. The van der Waals surface area contributed by atoms with Crippen LogP contribution in [0.1, 0.15) is 39.8 Å². The van der Waals surface area contributed by atoms with Gasteiger partial charge < -0.3 is 9.42 Å². The lowest BCUT2D eigenvalue weighted by Crippen LogP contribution is -2.29. The predicted molar refractivity (Wildman–Crippen MR) is 94.0 cm³/mol. The molecule has 0 aliphatic heterocycles. The zero-order valence-corrected chi connectivity index (χ0v) is 14.9. The summed E-state index contributed by atoms with van der Waals surface area (Å²) in [6.07, 6.45) is 1.76. The Hall–Kier alpha value is -2.47. The lowest BCUT2D eigenvalue weighted by atomic mass is 10.0. The summed E-state index contributed by atoms with van der Waals surface area (Å²) in [7, 11) is 1.80. The molecule has 0 bridgehead atoms. The number of hydrogen-bond acceptors (Lipinski definition) is 5. The van der Waals surface area contributed by atoms with E-state index in [-0.39, 0.29) is 11.9 Å². The molecule has 0 aliphatic carbocycles. The minimum Gasteiger partial charge on any atom is -0.361 e. The Kier molecular flexibility index (Phi) is 4.49. The van der Waals surface area contributed by atoms with Crippen molar-refractivity contribution < 1.29 is 9.32 Å². The highest BCUT2D eigenvalue weighted by Gasteiger charge is 2.21. The van der Waals surface area contributed by atoms with Gasteiger partial charge in [-0.1, -0.05) is 17.3 Å². The number of aromatic nitrogens is 2. The van der Waals surface area contributed by atoms with Crippen LogP contribution in [0, 0.1) is 13.8 Å². The van der Waals surface area contributed by atoms with Gasteiger partial charge in [0.05, 0.1) is 11.7 Å². The van der Waals surface area contributed by atoms with E-state index in [0.29, 0.717) is 5.56 Å². The Morgan fingerprint density at radius 1 is 1.33 bits per heavy atom. The van der Waals surface area contributed by atoms with Crippen LogP contribution in [0.4, 0.5) is 0 Å². The molecule has 1 aromatic carbocycles. The maximum Gasteiger partial charge on any atom is 0.254 e. The zero-order chi connectivity index (χ0) is 17.3. The van der Waals surface area contributed by atoms with Gasteiger partial charge in [0.2, 0.25) is 0 Å². The SMILES string of the molecule is Cc1noc(C)c1-c1cccc(C(=O)N(C)[C@H](C)c2nccs2)c1. The molecule has 0 radical (unpaired) electrons. The maximum absolute atomic E-state index is 12.8. The average molecular weight is 341 g/mol. The molecule has 0 fully saturated rings. The zero-order valence-electron chi connectivity index (χ0n) is 14.1. The molecule has 1 atom stereocenters. The van der Waals surface area contributed by atoms with Gasteiger partial charge in [-0.25, -0.2) is 4.98 Å². The number of carbonyl (C=O) groups is 1. The van der Waals surface area contributed by atoms with E-state index < -0.39 is 0 Å². The number of benzene rings is 1. The van der Waals surface area contributed by atoms with Crippen LogP contribution < -0.4 is 0 Å². The van der Waals surface area contributed by atoms with Crippen molar-refractivity contribution in [1.29, 1.82) is 0 Å². The highest BCUT2D eigenvalue weighted by Crippen LogP contribution is 2.28. The van der Waals surface area contributed by atoms with Crippen LogP contribution >= 0.6 is 11.3 Å². The minimum atomic E-state index is -0.0692. The monoisotopic (exact) mass is 341 g/mol. The summed E-state index contributed by atoms with van der Waals surface area (Å²) in [5, 5.41) is 6.83. The van der Waals surface area contributed by atoms with Crippen LogP contribution in [0.25, 0.3) is 11.1 Å². The first-order valence-electron chi connectivity index (χ1n) is 7.69. The topological polar surface area (TPSA) is 59.2 Å². The summed E-state index contributed by atoms with van der Waals surface area (Å²) < 4.78 is 5.23. The number of thiazole rings is 1. The smallest absolute Gasteiger partial charge is 0.254 e. The highest BCUT2D eigenvalue weighted by molar-refractivity contribution is 7.09. The van der Waals surface area contributed by atoms with Gasteiger partial charge in [-0.15, -0.1) is 11.3 Å². The third-order valence-corrected chi connectivity index (χ3v) is 5.09. The molecule has 0 unspecified atom stereocenters. The second-order valence-corrected chi connectivity index (χ2v) is 6.67. The lowest BCUT2D eigenvalue weighted by molar-refractivity contribution is 0.0742. The summed E-state index contributed by atoms with van der Waals surface area (Å²) in [4.78, 5) is 18.8. The molecule has 3 aromatic rings. The fraction of sp³-hybridized carbons (Fsp3) is 0.278. The second-order valence-electron chi connectivity index (χ2n) is 5.74. The van der Waals surface area contributed by atoms with Crippen molar-refractivity contribution in [2.75, 3.05) is 7.05 Å². The molecule has 2 heterocycles. The Morgan fingerprint density at radius 2 is 2.12 bits per heavy atom. The standard InChI is InChI=1S/C18H19N3O2S/c1-11-16(13(3)23-20-11)14-6-5-7-15(10-14)18(22)21(4)12(2)17-19-8-9-24-17/h5-10,12H,1-4H3/t12-/m1/s1. The van der Waals surface area contributed by atoms with E-state index in [4.69, 9.17) is 4.52 Å². The van der Waals surface area contributed by atoms with Crippen molar-refractivity contribution in [1.82, 2.24) is 15.0 Å². The van der Waals surface area contributed by atoms with Crippen molar-refractivity contribution in [3.63, 3.8) is 0 Å². The van der Waals surface area contributed by atoms with Crippen molar-refractivity contribution in [3.05, 3.63) is 57.9 Å². The van der Waals surface area contributed by atoms with E-state index >= 15 is 0 Å². The van der Waals surface area contributed by atoms with E-state index in [9.17, 15) is 4.79 Å². The van der Waals surface area contributed by atoms with Gasteiger partial charge in [-0.2, -0.15) is 0 Å². The van der Waals surface area contributed by atoms with Crippen molar-refractivity contribution in [2.24, 2.45) is 0 Å². The summed E-state index contributed by atoms with van der Waals surface area (Å²) >= 11 is 1.55. The minimum absolute atomic E-state index is 0.0358. The number of rotatable bonds is 4. The fourth-order valence-corrected chi connectivity index (χ4v) is 3.43. The number of amides is 1. The summed E-state index contributed by atoms with van der Waals surface area (Å²) in [5.41, 5.74) is 3.34. The Morgan fingerprint density at radius 3 is 2.75 bits per heavy atom. The van der Waals surface area contributed by atoms with Crippen LogP contribution in [0.15, 0.2) is 40.4 Å². The van der Waals surface area contributed by atoms with Crippen molar-refractivity contribution in [2.45, 2.75) is 26.8 Å². The van der Waals surface area contributed by atoms with Gasteiger partial charge in [0.25, 0.3) is 5.91 Å². The maximum atomic E-state index is 12.8. The lowest BCUT2D eigenvalue weighted by Gasteiger charge is -2.23. The van der Waals surface area contributed by atoms with Crippen LogP contribution in [0.2, 0.25) is 0 Å². The van der Waals surface area contributed by atoms with Crippen LogP contribution in [0.5, 0.6) is 0 Å². The first-order valence-corrected chi connectivity index (χ1v) is 8.57. The Bertz CT molecular complexity index is 836.